The van der Waals surface area contributed by atoms with Crippen LogP contribution in [0.4, 0.5) is 0 Å². The topological polar surface area (TPSA) is 72.9 Å². The highest BCUT2D eigenvalue weighted by molar-refractivity contribution is 7.98. The lowest BCUT2D eigenvalue weighted by molar-refractivity contribution is 0.0472. The summed E-state index contributed by atoms with van der Waals surface area (Å²) in [5.74, 6) is -0.669. The second kappa shape index (κ2) is 9.28. The van der Waals surface area contributed by atoms with Gasteiger partial charge in [0.2, 0.25) is 10.0 Å². The summed E-state index contributed by atoms with van der Waals surface area (Å²) in [6, 6.07) is 11.7. The second-order valence-corrected chi connectivity index (χ2v) is 9.31. The van der Waals surface area contributed by atoms with Crippen LogP contribution >= 0.6 is 23.4 Å². The van der Waals surface area contributed by atoms with Gasteiger partial charge in [0.15, 0.2) is 0 Å². The summed E-state index contributed by atoms with van der Waals surface area (Å²) >= 11 is 7.74. The number of thioether (sulfide) groups is 1. The maximum absolute atomic E-state index is 12.8. The zero-order chi connectivity index (χ0) is 20.1. The lowest BCUT2D eigenvalue weighted by Gasteiger charge is -2.26. The van der Waals surface area contributed by atoms with Crippen molar-refractivity contribution in [3.8, 4) is 0 Å². The van der Waals surface area contributed by atoms with Crippen molar-refractivity contribution >= 4 is 39.4 Å². The normalized spacial score (nSPS) is 15.4. The third kappa shape index (κ3) is 4.87. The molecule has 3 rings (SSSR count). The predicted molar refractivity (Wildman–Crippen MR) is 108 cm³/mol. The van der Waals surface area contributed by atoms with Crippen molar-refractivity contribution in [3.63, 3.8) is 0 Å². The molecule has 0 spiro atoms. The minimum atomic E-state index is -3.73. The van der Waals surface area contributed by atoms with E-state index in [9.17, 15) is 13.2 Å². The number of esters is 1. The van der Waals surface area contributed by atoms with Gasteiger partial charge in [-0.3, -0.25) is 0 Å². The molecule has 150 valence electrons. The standard InChI is InChI=1S/C19H20ClNO5S2/c1-27-15-4-2-14(3-5-15)13-26-19(22)17-12-16(6-7-18(17)20)28(23,24)21-8-10-25-11-9-21/h2-7,12H,8-11,13H2,1H3. The number of benzene rings is 2. The Morgan fingerprint density at radius 3 is 2.50 bits per heavy atom. The highest BCUT2D eigenvalue weighted by Gasteiger charge is 2.27. The Hall–Kier alpha value is -1.58. The number of morpholine rings is 1. The molecule has 0 N–H and O–H groups in total. The Morgan fingerprint density at radius 1 is 1.18 bits per heavy atom. The molecule has 2 aromatic carbocycles. The first kappa shape index (κ1) is 21.1. The first-order valence-electron chi connectivity index (χ1n) is 8.59. The van der Waals surface area contributed by atoms with Crippen LogP contribution in [0.2, 0.25) is 5.02 Å². The molecule has 0 radical (unpaired) electrons. The largest absolute Gasteiger partial charge is 0.457 e. The molecular formula is C19H20ClNO5S2. The van der Waals surface area contributed by atoms with Gasteiger partial charge in [-0.25, -0.2) is 13.2 Å². The van der Waals surface area contributed by atoms with Gasteiger partial charge in [-0.2, -0.15) is 4.31 Å². The van der Waals surface area contributed by atoms with Crippen LogP contribution < -0.4 is 0 Å². The van der Waals surface area contributed by atoms with Crippen LogP contribution in [-0.4, -0.2) is 51.3 Å². The van der Waals surface area contributed by atoms with E-state index in [2.05, 4.69) is 0 Å². The highest BCUT2D eigenvalue weighted by atomic mass is 35.5. The molecule has 0 saturated carbocycles. The van der Waals surface area contributed by atoms with Crippen molar-refractivity contribution in [1.29, 1.82) is 0 Å². The molecule has 1 saturated heterocycles. The summed E-state index contributed by atoms with van der Waals surface area (Å²) in [6.45, 7) is 1.31. The molecule has 1 heterocycles. The van der Waals surface area contributed by atoms with Crippen molar-refractivity contribution in [2.24, 2.45) is 0 Å². The number of nitrogens with zero attached hydrogens (tertiary/aromatic N) is 1. The fraction of sp³-hybridized carbons (Fsp3) is 0.316. The summed E-state index contributed by atoms with van der Waals surface area (Å²) in [5.41, 5.74) is 0.858. The fourth-order valence-corrected chi connectivity index (χ4v) is 4.74. The van der Waals surface area contributed by atoms with Crippen molar-refractivity contribution < 1.29 is 22.7 Å². The summed E-state index contributed by atoms with van der Waals surface area (Å²) in [6.07, 6.45) is 1.98. The number of sulfonamides is 1. The molecule has 2 aromatic rings. The minimum Gasteiger partial charge on any atom is -0.457 e. The van der Waals surface area contributed by atoms with Crippen LogP contribution in [0.25, 0.3) is 0 Å². The molecule has 0 aliphatic carbocycles. The monoisotopic (exact) mass is 441 g/mol. The van der Waals surface area contributed by atoms with Gasteiger partial charge >= 0.3 is 5.97 Å². The van der Waals surface area contributed by atoms with E-state index in [0.29, 0.717) is 13.2 Å². The van der Waals surface area contributed by atoms with Crippen LogP contribution in [0.15, 0.2) is 52.3 Å². The van der Waals surface area contributed by atoms with E-state index in [1.165, 1.54) is 22.5 Å². The zero-order valence-electron chi connectivity index (χ0n) is 15.3. The Labute approximate surface area is 173 Å². The molecule has 1 aliphatic rings. The molecule has 0 bridgehead atoms. The molecule has 1 fully saturated rings. The first-order valence-corrected chi connectivity index (χ1v) is 11.6. The molecule has 9 heteroatoms. The van der Waals surface area contributed by atoms with Gasteiger partial charge in [0.1, 0.15) is 6.61 Å². The molecule has 0 amide bonds. The predicted octanol–water partition coefficient (Wildman–Crippen LogP) is 3.44. The number of halogens is 1. The van der Waals surface area contributed by atoms with E-state index in [4.69, 9.17) is 21.1 Å². The number of hydrogen-bond acceptors (Lipinski definition) is 6. The molecule has 28 heavy (non-hydrogen) atoms. The second-order valence-electron chi connectivity index (χ2n) is 6.08. The Bertz CT molecular complexity index is 941. The molecule has 0 atom stereocenters. The SMILES string of the molecule is CSc1ccc(COC(=O)c2cc(S(=O)(=O)N3CCOCC3)ccc2Cl)cc1. The number of carbonyl (C=O) groups excluding carboxylic acids is 1. The van der Waals surface area contributed by atoms with Gasteiger partial charge in [0.25, 0.3) is 0 Å². The number of carbonyl (C=O) groups is 1. The Kier molecular flexibility index (Phi) is 7.00. The average Bonchev–Trinajstić information content (AvgIpc) is 2.73. The minimum absolute atomic E-state index is 0.00933. The van der Waals surface area contributed by atoms with Crippen LogP contribution in [-0.2, 0) is 26.1 Å². The van der Waals surface area contributed by atoms with Crippen LogP contribution in [0.5, 0.6) is 0 Å². The summed E-state index contributed by atoms with van der Waals surface area (Å²) in [7, 11) is -3.73. The van der Waals surface area contributed by atoms with Gasteiger partial charge in [0.05, 0.1) is 28.7 Å². The number of rotatable bonds is 6. The van der Waals surface area contributed by atoms with E-state index in [-0.39, 0.29) is 35.2 Å². The first-order chi connectivity index (χ1) is 13.4. The van der Waals surface area contributed by atoms with Crippen molar-refractivity contribution in [3.05, 3.63) is 58.6 Å². The Balaban J connectivity index is 1.75. The summed E-state index contributed by atoms with van der Waals surface area (Å²) < 4.78 is 37.4. The summed E-state index contributed by atoms with van der Waals surface area (Å²) in [5, 5.41) is 0.142. The third-order valence-corrected chi connectivity index (χ3v) is 7.26. The van der Waals surface area contributed by atoms with Gasteiger partial charge in [0, 0.05) is 18.0 Å². The van der Waals surface area contributed by atoms with E-state index >= 15 is 0 Å². The fourth-order valence-electron chi connectivity index (χ4n) is 2.71. The average molecular weight is 442 g/mol. The quantitative estimate of drug-likeness (QED) is 0.505. The lowest BCUT2D eigenvalue weighted by Crippen LogP contribution is -2.40. The number of hydrogen-bond donors (Lipinski definition) is 0. The van der Waals surface area contributed by atoms with Crippen LogP contribution in [0.1, 0.15) is 15.9 Å². The smallest absolute Gasteiger partial charge is 0.340 e. The maximum Gasteiger partial charge on any atom is 0.340 e. The van der Waals surface area contributed by atoms with Gasteiger partial charge in [-0.1, -0.05) is 23.7 Å². The van der Waals surface area contributed by atoms with E-state index in [1.807, 2.05) is 30.5 Å². The van der Waals surface area contributed by atoms with E-state index in [0.717, 1.165) is 10.5 Å². The zero-order valence-corrected chi connectivity index (χ0v) is 17.6. The number of ether oxygens (including phenoxy) is 2. The molecular weight excluding hydrogens is 422 g/mol. The van der Waals surface area contributed by atoms with Gasteiger partial charge in [-0.15, -0.1) is 11.8 Å². The van der Waals surface area contributed by atoms with Crippen LogP contribution in [0, 0.1) is 0 Å². The van der Waals surface area contributed by atoms with Gasteiger partial charge < -0.3 is 9.47 Å². The lowest BCUT2D eigenvalue weighted by atomic mass is 10.2. The van der Waals surface area contributed by atoms with Gasteiger partial charge in [-0.05, 0) is 42.2 Å². The summed E-state index contributed by atoms with van der Waals surface area (Å²) in [4.78, 5) is 13.6. The molecule has 6 nitrogen and oxygen atoms in total. The third-order valence-electron chi connectivity index (χ3n) is 4.29. The van der Waals surface area contributed by atoms with Crippen LogP contribution in [0.3, 0.4) is 0 Å². The molecule has 0 aromatic heterocycles. The van der Waals surface area contributed by atoms with Crippen molar-refractivity contribution in [2.75, 3.05) is 32.6 Å². The highest BCUT2D eigenvalue weighted by Crippen LogP contribution is 2.25. The molecule has 0 unspecified atom stereocenters. The Morgan fingerprint density at radius 2 is 1.86 bits per heavy atom. The molecule has 1 aliphatic heterocycles. The van der Waals surface area contributed by atoms with Crippen molar-refractivity contribution in [1.82, 2.24) is 4.31 Å². The van der Waals surface area contributed by atoms with E-state index < -0.39 is 16.0 Å². The van der Waals surface area contributed by atoms with Crippen molar-refractivity contribution in [2.45, 2.75) is 16.4 Å². The maximum atomic E-state index is 12.8. The van der Waals surface area contributed by atoms with E-state index in [1.54, 1.807) is 11.8 Å².